The van der Waals surface area contributed by atoms with Crippen LogP contribution in [0.2, 0.25) is 0 Å². The number of nitrogens with zero attached hydrogens (tertiary/aromatic N) is 5. The van der Waals surface area contributed by atoms with Gasteiger partial charge < -0.3 is 36.0 Å². The molecule has 0 saturated carbocycles. The van der Waals surface area contributed by atoms with Crippen LogP contribution in [-0.4, -0.2) is 109 Å². The molecule has 0 spiro atoms. The summed E-state index contributed by atoms with van der Waals surface area (Å²) in [6.45, 7) is 9.44. The zero-order valence-corrected chi connectivity index (χ0v) is 35.4. The van der Waals surface area contributed by atoms with E-state index in [1.807, 2.05) is 89.8 Å². The van der Waals surface area contributed by atoms with Crippen LogP contribution in [0.3, 0.4) is 0 Å². The number of carboxylic acids is 1. The zero-order chi connectivity index (χ0) is 44.9. The van der Waals surface area contributed by atoms with Gasteiger partial charge >= 0.3 is 11.9 Å². The second-order valence-electron chi connectivity index (χ2n) is 15.3. The Labute approximate surface area is 373 Å². The number of piperazine rings is 2. The number of carbonyl (C=O) groups is 4. The van der Waals surface area contributed by atoms with Gasteiger partial charge in [-0.2, -0.15) is 0 Å². The van der Waals surface area contributed by atoms with Crippen molar-refractivity contribution < 1.29 is 33.9 Å². The quantitative estimate of drug-likeness (QED) is 0.0265. The van der Waals surface area contributed by atoms with Crippen LogP contribution in [0.4, 0.5) is 45.5 Å². The number of carbonyl (C=O) groups excluding carboxylic acids is 3. The molecule has 2 saturated heterocycles. The number of nitrogens with one attached hydrogen (secondary N) is 2. The first-order valence-corrected chi connectivity index (χ1v) is 20.6. The summed E-state index contributed by atoms with van der Waals surface area (Å²) in [5.74, 6) is -1.27. The van der Waals surface area contributed by atoms with Crippen LogP contribution in [0, 0.1) is 10.1 Å². The molecule has 0 atom stereocenters. The first-order valence-electron chi connectivity index (χ1n) is 20.6. The lowest BCUT2D eigenvalue weighted by molar-refractivity contribution is -0.383. The number of Topliss-reactive ketones (excluding diaryl/α,β-unsaturated/α-hetero) is 2. The fourth-order valence-electron chi connectivity index (χ4n) is 7.26. The van der Waals surface area contributed by atoms with E-state index >= 15 is 0 Å². The molecule has 0 unspecified atom stereocenters. The van der Waals surface area contributed by atoms with E-state index in [1.54, 1.807) is 24.3 Å². The van der Waals surface area contributed by atoms with Crippen LogP contribution >= 0.6 is 0 Å². The van der Waals surface area contributed by atoms with Gasteiger partial charge in [-0.3, -0.25) is 39.1 Å². The number of aliphatic carboxylic acids is 1. The number of benzene rings is 5. The van der Waals surface area contributed by atoms with Gasteiger partial charge in [-0.25, -0.2) is 0 Å². The summed E-state index contributed by atoms with van der Waals surface area (Å²) < 4.78 is 5.39. The molecule has 2 aliphatic rings. The van der Waals surface area contributed by atoms with E-state index in [9.17, 15) is 29.3 Å². The third-order valence-electron chi connectivity index (χ3n) is 10.7. The summed E-state index contributed by atoms with van der Waals surface area (Å²) in [6.07, 6.45) is 0. The predicted molar refractivity (Wildman–Crippen MR) is 251 cm³/mol. The van der Waals surface area contributed by atoms with Gasteiger partial charge in [0.15, 0.2) is 11.6 Å². The van der Waals surface area contributed by atoms with Crippen molar-refractivity contribution in [1.82, 2.24) is 9.80 Å². The van der Waals surface area contributed by atoms with Crippen molar-refractivity contribution >= 4 is 69.0 Å². The molecule has 0 bridgehead atoms. The summed E-state index contributed by atoms with van der Waals surface area (Å²) in [5.41, 5.74) is 13.0. The molecule has 64 heavy (non-hydrogen) atoms. The first-order chi connectivity index (χ1) is 30.3. The lowest BCUT2D eigenvalue weighted by atomic mass is 10.1. The topological polar surface area (TPSA) is 204 Å². The van der Waals surface area contributed by atoms with Crippen LogP contribution in [0.25, 0.3) is 0 Å². The highest BCUT2D eigenvalue weighted by molar-refractivity contribution is 5.96. The number of nitro groups is 1. The van der Waals surface area contributed by atoms with E-state index in [2.05, 4.69) is 25.3 Å². The number of carboxylic acid groups (broad SMARTS) is 1. The molecule has 0 amide bonds. The Morgan fingerprint density at radius 3 is 1.66 bits per heavy atom. The normalized spacial score (nSPS) is 14.0. The van der Waals surface area contributed by atoms with E-state index in [0.29, 0.717) is 28.2 Å². The summed E-state index contributed by atoms with van der Waals surface area (Å²) in [6, 6.07) is 34.9. The maximum Gasteiger partial charge on any atom is 0.320 e. The van der Waals surface area contributed by atoms with Gasteiger partial charge in [0.2, 0.25) is 0 Å². The number of rotatable bonds is 15. The Hall–Kier alpha value is -7.30. The van der Waals surface area contributed by atoms with Crippen molar-refractivity contribution in [3.8, 4) is 0 Å². The highest BCUT2D eigenvalue weighted by atomic mass is 16.6. The fraction of sp³-hybridized carbons (Fsp3) is 0.292. The Kier molecular flexibility index (Phi) is 16.9. The third kappa shape index (κ3) is 13.6. The number of nitrogen functional groups attached to an aromatic ring is 1. The van der Waals surface area contributed by atoms with Gasteiger partial charge in [0.05, 0.1) is 29.4 Å². The highest BCUT2D eigenvalue weighted by Gasteiger charge is 2.22. The smallest absolute Gasteiger partial charge is 0.320 e. The number of esters is 1. The number of nitro benzene ring substituents is 1. The Balaban J connectivity index is 0.000000247. The SMILES string of the molecule is C.CC(=O)c1ccc(Nc2cccc(N3CCN(CC(=O)O)CC3)c2)c(N)c1.CC(=O)c1ccc(Nc2cccc(N3CCN(CC(=O)OCc4ccccc4)CC3)c2)c([N+](=O)[O-])c1. The summed E-state index contributed by atoms with van der Waals surface area (Å²) >= 11 is 0. The van der Waals surface area contributed by atoms with Crippen LogP contribution < -0.4 is 26.2 Å². The lowest BCUT2D eigenvalue weighted by Crippen LogP contribution is -2.48. The Bertz CT molecular complexity index is 2410. The van der Waals surface area contributed by atoms with E-state index in [0.717, 1.165) is 80.7 Å². The van der Waals surface area contributed by atoms with Crippen molar-refractivity contribution in [3.63, 3.8) is 0 Å². The monoisotopic (exact) mass is 872 g/mol. The highest BCUT2D eigenvalue weighted by Crippen LogP contribution is 2.31. The zero-order valence-electron chi connectivity index (χ0n) is 35.4. The molecule has 0 radical (unpaired) electrons. The molecule has 16 heteroatoms. The number of hydrogen-bond acceptors (Lipinski definition) is 14. The number of ether oxygens (including phenoxy) is 1. The molecule has 5 aromatic carbocycles. The minimum Gasteiger partial charge on any atom is -0.480 e. The van der Waals surface area contributed by atoms with E-state index in [4.69, 9.17) is 15.6 Å². The molecule has 2 aliphatic heterocycles. The van der Waals surface area contributed by atoms with E-state index in [-0.39, 0.29) is 50.3 Å². The molecule has 0 aromatic heterocycles. The number of ketones is 2. The maximum absolute atomic E-state index is 12.2. The van der Waals surface area contributed by atoms with Gasteiger partial charge in [-0.05, 0) is 86.1 Å². The van der Waals surface area contributed by atoms with Crippen molar-refractivity contribution in [2.24, 2.45) is 0 Å². The summed E-state index contributed by atoms with van der Waals surface area (Å²) in [5, 5.41) is 26.8. The first kappa shape index (κ1) is 47.7. The van der Waals surface area contributed by atoms with E-state index in [1.165, 1.54) is 19.9 Å². The third-order valence-corrected chi connectivity index (χ3v) is 10.7. The van der Waals surface area contributed by atoms with Gasteiger partial charge in [0.1, 0.15) is 12.3 Å². The molecule has 7 rings (SSSR count). The Morgan fingerprint density at radius 2 is 1.16 bits per heavy atom. The Morgan fingerprint density at radius 1 is 0.656 bits per heavy atom. The molecule has 0 aliphatic carbocycles. The molecule has 16 nitrogen and oxygen atoms in total. The van der Waals surface area contributed by atoms with Gasteiger partial charge in [-0.1, -0.05) is 49.9 Å². The lowest BCUT2D eigenvalue weighted by Gasteiger charge is -2.35. The predicted octanol–water partition coefficient (Wildman–Crippen LogP) is 7.46. The molecule has 336 valence electrons. The van der Waals surface area contributed by atoms with E-state index < -0.39 is 10.9 Å². The van der Waals surface area contributed by atoms with Crippen molar-refractivity contribution in [2.45, 2.75) is 27.9 Å². The van der Waals surface area contributed by atoms with Crippen molar-refractivity contribution in [2.75, 3.05) is 91.6 Å². The standard InChI is InChI=1S/C27H28N4O5.C20H24N4O3.CH4/c1-20(32)22-10-11-25(26(16-22)31(34)35)28-23-8-5-9-24(17-23)30-14-12-29(13-15-30)18-27(33)36-19-21-6-3-2-4-7-21;1-14(25)15-5-6-19(18(21)11-15)22-16-3-2-4-17(12-16)24-9-7-23(8-10-24)13-20(26)27;/h2-11,16-17,28H,12-15,18-19H2,1H3;2-6,11-12,22H,7-10,13,21H2,1H3,(H,26,27);1H4. The van der Waals surface area contributed by atoms with Crippen LogP contribution in [0.5, 0.6) is 0 Å². The molecule has 5 N–H and O–H groups in total. The number of hydrogen-bond donors (Lipinski definition) is 4. The fourth-order valence-corrected chi connectivity index (χ4v) is 7.26. The van der Waals surface area contributed by atoms with Crippen LogP contribution in [-0.2, 0) is 20.9 Å². The van der Waals surface area contributed by atoms with Crippen molar-refractivity contribution in [1.29, 1.82) is 0 Å². The van der Waals surface area contributed by atoms with Crippen molar-refractivity contribution in [3.05, 3.63) is 142 Å². The minimum atomic E-state index is -0.789. The average Bonchev–Trinajstić information content (AvgIpc) is 3.27. The summed E-state index contributed by atoms with van der Waals surface area (Å²) in [4.78, 5) is 65.6. The molecule has 2 fully saturated rings. The largest absolute Gasteiger partial charge is 0.480 e. The van der Waals surface area contributed by atoms with Gasteiger partial charge in [0.25, 0.3) is 5.69 Å². The molecular formula is C48H56N8O8. The molecule has 5 aromatic rings. The maximum atomic E-state index is 12.2. The van der Waals surface area contributed by atoms with Gasteiger partial charge in [0, 0.05) is 92.3 Å². The molecular weight excluding hydrogens is 817 g/mol. The second kappa shape index (κ2) is 22.7. The molecule has 2 heterocycles. The second-order valence-corrected chi connectivity index (χ2v) is 15.3. The van der Waals surface area contributed by atoms with Gasteiger partial charge in [-0.15, -0.1) is 0 Å². The summed E-state index contributed by atoms with van der Waals surface area (Å²) in [7, 11) is 0. The average molecular weight is 873 g/mol. The minimum absolute atomic E-state index is 0. The number of anilines is 7. The number of nitrogens with two attached hydrogens (primary N) is 1. The van der Waals surface area contributed by atoms with Crippen LogP contribution in [0.1, 0.15) is 47.6 Å². The van der Waals surface area contributed by atoms with Crippen LogP contribution in [0.15, 0.2) is 115 Å².